The van der Waals surface area contributed by atoms with Crippen LogP contribution in [-0.4, -0.2) is 43.2 Å². The van der Waals surface area contributed by atoms with Crippen LogP contribution in [0.4, 0.5) is 0 Å². The minimum atomic E-state index is -0.814. The van der Waals surface area contributed by atoms with Gasteiger partial charge in [-0.2, -0.15) is 0 Å². The zero-order valence-electron chi connectivity index (χ0n) is 11.5. The third-order valence-corrected chi connectivity index (χ3v) is 3.84. The molecule has 2 N–H and O–H groups in total. The number of hydrogen-bond acceptors (Lipinski definition) is 4. The molecule has 1 fully saturated rings. The SMILES string of the molecule is CCCC(C)N(C)CC(N)(C(=O)OC)C1CC1. The Morgan fingerprint density at radius 3 is 2.59 bits per heavy atom. The van der Waals surface area contributed by atoms with Gasteiger partial charge < -0.3 is 15.4 Å². The second kappa shape index (κ2) is 5.83. The lowest BCUT2D eigenvalue weighted by atomic mass is 9.93. The molecule has 0 aliphatic heterocycles. The molecule has 4 nitrogen and oxygen atoms in total. The normalized spacial score (nSPS) is 21.1. The van der Waals surface area contributed by atoms with Crippen LogP contribution >= 0.6 is 0 Å². The Kier molecular flexibility index (Phi) is 4.95. The molecule has 4 heteroatoms. The number of carbonyl (C=O) groups is 1. The molecule has 0 aromatic rings. The summed E-state index contributed by atoms with van der Waals surface area (Å²) in [5.74, 6) is 0.0294. The lowest BCUT2D eigenvalue weighted by Crippen LogP contribution is -2.59. The first-order chi connectivity index (χ1) is 7.95. The molecule has 100 valence electrons. The van der Waals surface area contributed by atoms with E-state index in [1.807, 2.05) is 7.05 Å². The fraction of sp³-hybridized carbons (Fsp3) is 0.923. The Labute approximate surface area is 104 Å². The summed E-state index contributed by atoms with van der Waals surface area (Å²) in [5, 5.41) is 0. The zero-order chi connectivity index (χ0) is 13.1. The number of ether oxygens (including phenoxy) is 1. The third kappa shape index (κ3) is 3.42. The fourth-order valence-corrected chi connectivity index (χ4v) is 2.36. The molecule has 17 heavy (non-hydrogen) atoms. The highest BCUT2D eigenvalue weighted by Gasteiger charge is 2.49. The van der Waals surface area contributed by atoms with Gasteiger partial charge in [-0.15, -0.1) is 0 Å². The van der Waals surface area contributed by atoms with Crippen molar-refractivity contribution in [2.24, 2.45) is 11.7 Å². The lowest BCUT2D eigenvalue weighted by molar-refractivity contribution is -0.149. The van der Waals surface area contributed by atoms with Crippen molar-refractivity contribution in [3.63, 3.8) is 0 Å². The van der Waals surface area contributed by atoms with E-state index in [2.05, 4.69) is 18.7 Å². The summed E-state index contributed by atoms with van der Waals surface area (Å²) in [4.78, 5) is 14.0. The van der Waals surface area contributed by atoms with Gasteiger partial charge in [-0.1, -0.05) is 13.3 Å². The lowest BCUT2D eigenvalue weighted by Gasteiger charge is -2.34. The van der Waals surface area contributed by atoms with E-state index in [-0.39, 0.29) is 5.97 Å². The first kappa shape index (κ1) is 14.5. The standard InChI is InChI=1S/C13H26N2O2/c1-5-6-10(2)15(3)9-13(14,11-7-8-11)12(16)17-4/h10-11H,5-9,14H2,1-4H3. The molecule has 1 aliphatic carbocycles. The number of esters is 1. The van der Waals surface area contributed by atoms with Crippen LogP contribution in [0.25, 0.3) is 0 Å². The molecule has 0 amide bonds. The molecule has 2 unspecified atom stereocenters. The van der Waals surface area contributed by atoms with Crippen molar-refractivity contribution in [2.45, 2.75) is 51.1 Å². The number of hydrogen-bond donors (Lipinski definition) is 1. The Morgan fingerprint density at radius 1 is 1.59 bits per heavy atom. The molecule has 0 aromatic heterocycles. The van der Waals surface area contributed by atoms with E-state index < -0.39 is 5.54 Å². The second-order valence-corrected chi connectivity index (χ2v) is 5.36. The van der Waals surface area contributed by atoms with Crippen molar-refractivity contribution in [1.29, 1.82) is 0 Å². The number of methoxy groups -OCH3 is 1. The van der Waals surface area contributed by atoms with Crippen LogP contribution in [0.1, 0.15) is 39.5 Å². The predicted octanol–water partition coefficient (Wildman–Crippen LogP) is 1.39. The van der Waals surface area contributed by atoms with Gasteiger partial charge in [-0.3, -0.25) is 4.79 Å². The summed E-state index contributed by atoms with van der Waals surface area (Å²) in [6, 6.07) is 0.450. The number of rotatable bonds is 7. The summed E-state index contributed by atoms with van der Waals surface area (Å²) < 4.78 is 4.87. The minimum absolute atomic E-state index is 0.268. The molecule has 0 aromatic carbocycles. The molecule has 0 radical (unpaired) electrons. The number of carbonyl (C=O) groups excluding carboxylic acids is 1. The van der Waals surface area contributed by atoms with E-state index in [0.717, 1.165) is 25.7 Å². The van der Waals surface area contributed by atoms with Gasteiger partial charge in [0, 0.05) is 12.6 Å². The average Bonchev–Trinajstić information content (AvgIpc) is 3.11. The topological polar surface area (TPSA) is 55.6 Å². The predicted molar refractivity (Wildman–Crippen MR) is 68.7 cm³/mol. The van der Waals surface area contributed by atoms with Crippen LogP contribution in [0, 0.1) is 5.92 Å². The molecule has 0 spiro atoms. The van der Waals surface area contributed by atoms with Crippen LogP contribution in [0.15, 0.2) is 0 Å². The molecule has 0 heterocycles. The van der Waals surface area contributed by atoms with E-state index in [1.54, 1.807) is 0 Å². The van der Waals surface area contributed by atoms with Crippen molar-refractivity contribution in [3.05, 3.63) is 0 Å². The van der Waals surface area contributed by atoms with Crippen molar-refractivity contribution < 1.29 is 9.53 Å². The average molecular weight is 242 g/mol. The van der Waals surface area contributed by atoms with E-state index in [1.165, 1.54) is 7.11 Å². The van der Waals surface area contributed by atoms with Gasteiger partial charge >= 0.3 is 5.97 Å². The summed E-state index contributed by atoms with van der Waals surface area (Å²) in [6.07, 6.45) is 4.35. The van der Waals surface area contributed by atoms with Gasteiger partial charge in [0.15, 0.2) is 0 Å². The van der Waals surface area contributed by atoms with Crippen molar-refractivity contribution in [3.8, 4) is 0 Å². The van der Waals surface area contributed by atoms with Gasteiger partial charge in [0.05, 0.1) is 7.11 Å². The van der Waals surface area contributed by atoms with Crippen LogP contribution in [-0.2, 0) is 9.53 Å². The molecule has 0 saturated heterocycles. The number of nitrogens with two attached hydrogens (primary N) is 1. The Bertz CT molecular complexity index is 266. The second-order valence-electron chi connectivity index (χ2n) is 5.36. The molecule has 1 aliphatic rings. The first-order valence-electron chi connectivity index (χ1n) is 6.53. The smallest absolute Gasteiger partial charge is 0.327 e. The van der Waals surface area contributed by atoms with Gasteiger partial charge in [0.1, 0.15) is 5.54 Å². The number of nitrogens with zero attached hydrogens (tertiary/aromatic N) is 1. The van der Waals surface area contributed by atoms with Crippen LogP contribution in [0.2, 0.25) is 0 Å². The molecule has 2 atom stereocenters. The van der Waals surface area contributed by atoms with Gasteiger partial charge in [-0.25, -0.2) is 0 Å². The minimum Gasteiger partial charge on any atom is -0.468 e. The maximum absolute atomic E-state index is 11.9. The Morgan fingerprint density at radius 2 is 2.18 bits per heavy atom. The number of likely N-dealkylation sites (N-methyl/N-ethyl adjacent to an activating group) is 1. The fourth-order valence-electron chi connectivity index (χ4n) is 2.36. The summed E-state index contributed by atoms with van der Waals surface area (Å²) >= 11 is 0. The van der Waals surface area contributed by atoms with Gasteiger partial charge in [0.25, 0.3) is 0 Å². The van der Waals surface area contributed by atoms with Crippen LogP contribution in [0.3, 0.4) is 0 Å². The van der Waals surface area contributed by atoms with Crippen molar-refractivity contribution >= 4 is 5.97 Å². The van der Waals surface area contributed by atoms with E-state index in [9.17, 15) is 4.79 Å². The Balaban J connectivity index is 2.63. The van der Waals surface area contributed by atoms with Crippen molar-refractivity contribution in [2.75, 3.05) is 20.7 Å². The summed E-state index contributed by atoms with van der Waals surface area (Å²) in [5.41, 5.74) is 5.46. The maximum Gasteiger partial charge on any atom is 0.327 e. The first-order valence-corrected chi connectivity index (χ1v) is 6.53. The highest BCUT2D eigenvalue weighted by atomic mass is 16.5. The summed E-state index contributed by atoms with van der Waals surface area (Å²) in [7, 11) is 3.45. The highest BCUT2D eigenvalue weighted by molar-refractivity contribution is 5.81. The summed E-state index contributed by atoms with van der Waals surface area (Å²) in [6.45, 7) is 4.93. The molecular weight excluding hydrogens is 216 g/mol. The van der Waals surface area contributed by atoms with Crippen LogP contribution < -0.4 is 5.73 Å². The molecule has 1 saturated carbocycles. The van der Waals surface area contributed by atoms with Gasteiger partial charge in [-0.05, 0) is 39.2 Å². The quantitative estimate of drug-likeness (QED) is 0.685. The van der Waals surface area contributed by atoms with E-state index in [4.69, 9.17) is 10.5 Å². The van der Waals surface area contributed by atoms with Crippen LogP contribution in [0.5, 0.6) is 0 Å². The largest absolute Gasteiger partial charge is 0.468 e. The van der Waals surface area contributed by atoms with E-state index in [0.29, 0.717) is 18.5 Å². The third-order valence-electron chi connectivity index (χ3n) is 3.84. The van der Waals surface area contributed by atoms with Crippen molar-refractivity contribution in [1.82, 2.24) is 4.90 Å². The maximum atomic E-state index is 11.9. The molecule has 0 bridgehead atoms. The Hall–Kier alpha value is -0.610. The highest BCUT2D eigenvalue weighted by Crippen LogP contribution is 2.39. The molecular formula is C13H26N2O2. The zero-order valence-corrected chi connectivity index (χ0v) is 11.5. The monoisotopic (exact) mass is 242 g/mol. The molecule has 1 rings (SSSR count). The van der Waals surface area contributed by atoms with E-state index >= 15 is 0 Å². The van der Waals surface area contributed by atoms with Gasteiger partial charge in [0.2, 0.25) is 0 Å².